The van der Waals surface area contributed by atoms with E-state index in [9.17, 15) is 9.18 Å². The van der Waals surface area contributed by atoms with Gasteiger partial charge in [0.15, 0.2) is 11.5 Å². The minimum Gasteiger partial charge on any atom is -0.323 e. The third-order valence-electron chi connectivity index (χ3n) is 4.60. The summed E-state index contributed by atoms with van der Waals surface area (Å²) in [4.78, 5) is 22.0. The molecule has 0 amide bonds. The fourth-order valence-electron chi connectivity index (χ4n) is 3.24. The zero-order valence-electron chi connectivity index (χ0n) is 14.8. The van der Waals surface area contributed by atoms with Gasteiger partial charge in [0.1, 0.15) is 10.5 Å². The van der Waals surface area contributed by atoms with Crippen LogP contribution in [0.4, 0.5) is 4.39 Å². The molecule has 140 valence electrons. The highest BCUT2D eigenvalue weighted by Gasteiger charge is 2.19. The van der Waals surface area contributed by atoms with Crippen LogP contribution in [0.25, 0.3) is 21.3 Å². The number of pyridine rings is 1. The number of hydrogen-bond donors (Lipinski definition) is 1. The SMILES string of the molecule is Cn1c2nc(Cc3ccccn3)sc2c2cnn(Cc3[nH]ncc3F)c(=O)c21. The van der Waals surface area contributed by atoms with Crippen LogP contribution >= 0.6 is 11.3 Å². The van der Waals surface area contributed by atoms with E-state index in [1.54, 1.807) is 24.0 Å². The number of aryl methyl sites for hydroxylation is 1. The summed E-state index contributed by atoms with van der Waals surface area (Å²) >= 11 is 1.53. The molecule has 28 heavy (non-hydrogen) atoms. The van der Waals surface area contributed by atoms with Gasteiger partial charge >= 0.3 is 0 Å². The molecule has 0 radical (unpaired) electrons. The Balaban J connectivity index is 1.59. The second kappa shape index (κ2) is 6.34. The van der Waals surface area contributed by atoms with E-state index in [1.807, 2.05) is 18.2 Å². The maximum absolute atomic E-state index is 13.6. The minimum absolute atomic E-state index is 0.0161. The molecule has 0 aliphatic rings. The fraction of sp³-hybridized carbons (Fsp3) is 0.167. The van der Waals surface area contributed by atoms with E-state index < -0.39 is 5.82 Å². The van der Waals surface area contributed by atoms with Crippen molar-refractivity contribution in [3.05, 3.63) is 69.4 Å². The van der Waals surface area contributed by atoms with Crippen molar-refractivity contribution in [2.45, 2.75) is 13.0 Å². The molecule has 0 unspecified atom stereocenters. The van der Waals surface area contributed by atoms with Gasteiger partial charge in [-0.15, -0.1) is 11.3 Å². The second-order valence-corrected chi connectivity index (χ2v) is 7.47. The molecule has 0 fully saturated rings. The van der Waals surface area contributed by atoms with Crippen molar-refractivity contribution in [2.24, 2.45) is 7.05 Å². The van der Waals surface area contributed by atoms with Crippen molar-refractivity contribution in [3.8, 4) is 0 Å². The predicted molar refractivity (Wildman–Crippen MR) is 103 cm³/mol. The van der Waals surface area contributed by atoms with Crippen LogP contribution in [0.5, 0.6) is 0 Å². The van der Waals surface area contributed by atoms with Gasteiger partial charge in [0.05, 0.1) is 29.3 Å². The summed E-state index contributed by atoms with van der Waals surface area (Å²) in [6.45, 7) is -0.0161. The highest BCUT2D eigenvalue weighted by atomic mass is 32.1. The molecule has 0 aliphatic carbocycles. The molecule has 0 spiro atoms. The van der Waals surface area contributed by atoms with Crippen molar-refractivity contribution >= 4 is 32.6 Å². The van der Waals surface area contributed by atoms with Crippen molar-refractivity contribution in [1.29, 1.82) is 0 Å². The maximum Gasteiger partial charge on any atom is 0.291 e. The van der Waals surface area contributed by atoms with Gasteiger partial charge in [-0.2, -0.15) is 10.2 Å². The number of halogens is 1. The third-order valence-corrected chi connectivity index (χ3v) is 5.68. The Bertz CT molecular complexity index is 1370. The van der Waals surface area contributed by atoms with Crippen LogP contribution in [0, 0.1) is 5.82 Å². The molecule has 0 saturated heterocycles. The lowest BCUT2D eigenvalue weighted by molar-refractivity contribution is 0.570. The summed E-state index contributed by atoms with van der Waals surface area (Å²) in [5.74, 6) is -0.498. The van der Waals surface area contributed by atoms with Gasteiger partial charge in [0.25, 0.3) is 5.56 Å². The first-order valence-corrected chi connectivity index (χ1v) is 9.35. The number of rotatable bonds is 4. The Labute approximate surface area is 161 Å². The number of H-pyrrole nitrogens is 1. The van der Waals surface area contributed by atoms with Crippen molar-refractivity contribution in [1.82, 2.24) is 34.5 Å². The van der Waals surface area contributed by atoms with Gasteiger partial charge in [0, 0.05) is 30.7 Å². The quantitative estimate of drug-likeness (QED) is 0.504. The number of aromatic amines is 1. The number of hydrogen-bond acceptors (Lipinski definition) is 6. The van der Waals surface area contributed by atoms with Crippen molar-refractivity contribution in [2.75, 3.05) is 0 Å². The number of thiazole rings is 1. The first-order chi connectivity index (χ1) is 13.6. The zero-order chi connectivity index (χ0) is 19.3. The summed E-state index contributed by atoms with van der Waals surface area (Å²) in [5, 5.41) is 12.1. The average molecular weight is 395 g/mol. The van der Waals surface area contributed by atoms with Crippen LogP contribution in [-0.2, 0) is 20.0 Å². The summed E-state index contributed by atoms with van der Waals surface area (Å²) in [7, 11) is 1.80. The van der Waals surface area contributed by atoms with Crippen LogP contribution in [0.15, 0.2) is 41.6 Å². The lowest BCUT2D eigenvalue weighted by Gasteiger charge is -2.04. The molecule has 0 saturated carbocycles. The predicted octanol–water partition coefficient (Wildman–Crippen LogP) is 2.24. The molecule has 5 aromatic rings. The molecular weight excluding hydrogens is 381 g/mol. The van der Waals surface area contributed by atoms with Gasteiger partial charge in [-0.1, -0.05) is 6.07 Å². The molecule has 8 nitrogen and oxygen atoms in total. The van der Waals surface area contributed by atoms with E-state index in [-0.39, 0.29) is 17.8 Å². The van der Waals surface area contributed by atoms with Gasteiger partial charge in [0.2, 0.25) is 0 Å². The Hall–Kier alpha value is -3.40. The molecule has 0 bridgehead atoms. The van der Waals surface area contributed by atoms with Crippen molar-refractivity contribution in [3.63, 3.8) is 0 Å². The van der Waals surface area contributed by atoms with Gasteiger partial charge in [-0.3, -0.25) is 14.9 Å². The Morgan fingerprint density at radius 1 is 1.29 bits per heavy atom. The fourth-order valence-corrected chi connectivity index (χ4v) is 4.36. The Kier molecular flexibility index (Phi) is 3.79. The van der Waals surface area contributed by atoms with Crippen molar-refractivity contribution < 1.29 is 4.39 Å². The number of nitrogens with one attached hydrogen (secondary N) is 1. The van der Waals surface area contributed by atoms with Gasteiger partial charge < -0.3 is 4.57 Å². The monoisotopic (exact) mass is 395 g/mol. The van der Waals surface area contributed by atoms with E-state index in [4.69, 9.17) is 4.98 Å². The number of fused-ring (bicyclic) bond motifs is 3. The van der Waals surface area contributed by atoms with E-state index in [1.165, 1.54) is 16.0 Å². The molecule has 5 rings (SSSR count). The summed E-state index contributed by atoms with van der Waals surface area (Å²) in [5.41, 5.74) is 2.07. The lowest BCUT2D eigenvalue weighted by atomic mass is 10.3. The van der Waals surface area contributed by atoms with Crippen LogP contribution in [0.1, 0.15) is 16.4 Å². The summed E-state index contributed by atoms with van der Waals surface area (Å²) < 4.78 is 17.5. The molecule has 0 atom stereocenters. The van der Waals surface area contributed by atoms with E-state index in [0.717, 1.165) is 32.6 Å². The zero-order valence-corrected chi connectivity index (χ0v) is 15.6. The first-order valence-electron chi connectivity index (χ1n) is 8.53. The number of aromatic nitrogens is 7. The molecule has 5 heterocycles. The highest BCUT2D eigenvalue weighted by molar-refractivity contribution is 7.19. The standard InChI is InChI=1S/C18H14FN7OS/c1-25-15-11(7-22-26(18(15)27)9-13-12(19)8-21-24-13)16-17(25)23-14(28-16)6-10-4-2-3-5-20-10/h2-5,7-8H,6,9H2,1H3,(H,21,24). The summed E-state index contributed by atoms with van der Waals surface area (Å²) in [6.07, 6.45) is 5.10. The Morgan fingerprint density at radius 3 is 2.93 bits per heavy atom. The van der Waals surface area contributed by atoms with Gasteiger partial charge in [-0.25, -0.2) is 14.1 Å². The molecule has 5 aromatic heterocycles. The lowest BCUT2D eigenvalue weighted by Crippen LogP contribution is -2.25. The summed E-state index contributed by atoms with van der Waals surface area (Å²) in [6, 6.07) is 5.78. The topological polar surface area (TPSA) is 94.3 Å². The van der Waals surface area contributed by atoms with Crippen LogP contribution in [0.2, 0.25) is 0 Å². The molecular formula is C18H14FN7OS. The van der Waals surface area contributed by atoms with Gasteiger partial charge in [-0.05, 0) is 12.1 Å². The molecule has 0 aromatic carbocycles. The van der Waals surface area contributed by atoms with E-state index in [0.29, 0.717) is 11.9 Å². The smallest absolute Gasteiger partial charge is 0.291 e. The van der Waals surface area contributed by atoms with E-state index >= 15 is 0 Å². The Morgan fingerprint density at radius 2 is 2.18 bits per heavy atom. The molecule has 0 aliphatic heterocycles. The minimum atomic E-state index is -0.498. The maximum atomic E-state index is 13.6. The highest BCUT2D eigenvalue weighted by Crippen LogP contribution is 2.31. The third kappa shape index (κ3) is 2.61. The largest absolute Gasteiger partial charge is 0.323 e. The second-order valence-electron chi connectivity index (χ2n) is 6.38. The normalized spacial score (nSPS) is 11.6. The molecule has 1 N–H and O–H groups in total. The van der Waals surface area contributed by atoms with E-state index in [2.05, 4.69) is 20.3 Å². The first kappa shape index (κ1) is 16.8. The van der Waals surface area contributed by atoms with Crippen LogP contribution in [-0.4, -0.2) is 34.5 Å². The average Bonchev–Trinajstić information content (AvgIpc) is 3.35. The van der Waals surface area contributed by atoms with Crippen LogP contribution in [0.3, 0.4) is 0 Å². The molecule has 10 heteroatoms. The van der Waals surface area contributed by atoms with Crippen LogP contribution < -0.4 is 5.56 Å². The number of nitrogens with zero attached hydrogens (tertiary/aromatic N) is 6.